The second-order valence-electron chi connectivity index (χ2n) is 3.62. The van der Waals surface area contributed by atoms with E-state index in [9.17, 15) is 4.79 Å². The molecule has 0 aliphatic heterocycles. The van der Waals surface area contributed by atoms with E-state index in [4.69, 9.17) is 4.42 Å². The summed E-state index contributed by atoms with van der Waals surface area (Å²) in [6, 6.07) is 9.37. The van der Waals surface area contributed by atoms with Crippen molar-refractivity contribution in [2.24, 2.45) is 0 Å². The van der Waals surface area contributed by atoms with Crippen LogP contribution in [0.1, 0.15) is 17.2 Å². The van der Waals surface area contributed by atoms with Crippen LogP contribution in [-0.2, 0) is 22.4 Å². The number of carbonyl (C=O) groups is 1. The van der Waals surface area contributed by atoms with E-state index < -0.39 is 0 Å². The van der Waals surface area contributed by atoms with E-state index in [1.807, 2.05) is 24.3 Å². The molecule has 2 rings (SSSR count). The zero-order valence-electron chi connectivity index (χ0n) is 9.55. The van der Waals surface area contributed by atoms with Crippen LogP contribution >= 0.6 is 0 Å². The van der Waals surface area contributed by atoms with E-state index in [1.54, 1.807) is 12.3 Å². The van der Waals surface area contributed by atoms with Crippen molar-refractivity contribution in [3.05, 3.63) is 53.7 Å². The summed E-state index contributed by atoms with van der Waals surface area (Å²) >= 11 is 0. The molecular weight excluding hydrogens is 218 g/mol. The number of furan rings is 1. The first-order chi connectivity index (χ1) is 8.28. The van der Waals surface area contributed by atoms with E-state index >= 15 is 0 Å². The van der Waals surface area contributed by atoms with Crippen LogP contribution in [0.25, 0.3) is 0 Å². The third-order valence-corrected chi connectivity index (χ3v) is 2.35. The summed E-state index contributed by atoms with van der Waals surface area (Å²) in [5.41, 5.74) is 0.937. The number of methoxy groups -OCH3 is 1. The molecule has 4 nitrogen and oxygen atoms in total. The van der Waals surface area contributed by atoms with Crippen LogP contribution in [0.2, 0.25) is 0 Å². The zero-order valence-corrected chi connectivity index (χ0v) is 9.55. The van der Waals surface area contributed by atoms with Gasteiger partial charge in [-0.2, -0.15) is 0 Å². The second-order valence-corrected chi connectivity index (χ2v) is 3.62. The van der Waals surface area contributed by atoms with Crippen molar-refractivity contribution >= 4 is 5.97 Å². The molecular formula is C13H13NO3. The van der Waals surface area contributed by atoms with Crippen molar-refractivity contribution < 1.29 is 13.9 Å². The van der Waals surface area contributed by atoms with E-state index in [1.165, 1.54) is 7.11 Å². The molecule has 0 radical (unpaired) electrons. The predicted octanol–water partition coefficient (Wildman–Crippen LogP) is 1.98. The Hall–Kier alpha value is -2.10. The Morgan fingerprint density at radius 3 is 2.82 bits per heavy atom. The first-order valence-electron chi connectivity index (χ1n) is 5.32. The molecule has 2 heterocycles. The Balaban J connectivity index is 2.01. The minimum Gasteiger partial charge on any atom is -0.469 e. The molecule has 0 saturated carbocycles. The maximum absolute atomic E-state index is 11.1. The van der Waals surface area contributed by atoms with Gasteiger partial charge < -0.3 is 9.15 Å². The van der Waals surface area contributed by atoms with Gasteiger partial charge in [0, 0.05) is 18.3 Å². The van der Waals surface area contributed by atoms with Crippen molar-refractivity contribution in [2.45, 2.75) is 12.8 Å². The molecule has 0 aromatic carbocycles. The van der Waals surface area contributed by atoms with Gasteiger partial charge in [-0.15, -0.1) is 0 Å². The summed E-state index contributed by atoms with van der Waals surface area (Å²) in [4.78, 5) is 15.3. The van der Waals surface area contributed by atoms with Crippen LogP contribution < -0.4 is 0 Å². The Morgan fingerprint density at radius 2 is 2.12 bits per heavy atom. The first kappa shape index (κ1) is 11.4. The van der Waals surface area contributed by atoms with Crippen LogP contribution in [0, 0.1) is 0 Å². The highest BCUT2D eigenvalue weighted by molar-refractivity contribution is 5.71. The summed E-state index contributed by atoms with van der Waals surface area (Å²) in [5, 5.41) is 0. The van der Waals surface area contributed by atoms with Gasteiger partial charge in [-0.1, -0.05) is 6.07 Å². The van der Waals surface area contributed by atoms with E-state index in [0.29, 0.717) is 12.2 Å². The summed E-state index contributed by atoms with van der Waals surface area (Å²) in [7, 11) is 1.36. The van der Waals surface area contributed by atoms with Crippen molar-refractivity contribution in [1.29, 1.82) is 0 Å². The van der Waals surface area contributed by atoms with Crippen LogP contribution in [-0.4, -0.2) is 18.1 Å². The van der Waals surface area contributed by atoms with Gasteiger partial charge in [0.15, 0.2) is 0 Å². The number of carbonyl (C=O) groups excluding carboxylic acids is 1. The number of rotatable bonds is 4. The molecule has 0 atom stereocenters. The standard InChI is InChI=1S/C13H13NO3/c1-16-13(15)9-12-6-5-11(17-12)8-10-4-2-3-7-14-10/h2-7H,8-9H2,1H3. The van der Waals surface area contributed by atoms with Crippen molar-refractivity contribution in [3.8, 4) is 0 Å². The van der Waals surface area contributed by atoms with E-state index in [-0.39, 0.29) is 12.4 Å². The number of ether oxygens (including phenoxy) is 1. The fourth-order valence-electron chi connectivity index (χ4n) is 1.51. The number of pyridine rings is 1. The quantitative estimate of drug-likeness (QED) is 0.755. The Labute approximate surface area is 99.2 Å². The molecule has 0 aliphatic rings. The maximum Gasteiger partial charge on any atom is 0.313 e. The largest absolute Gasteiger partial charge is 0.469 e. The van der Waals surface area contributed by atoms with Gasteiger partial charge >= 0.3 is 5.97 Å². The lowest BCUT2D eigenvalue weighted by molar-refractivity contribution is -0.140. The number of aromatic nitrogens is 1. The van der Waals surface area contributed by atoms with Crippen LogP contribution in [0.3, 0.4) is 0 Å². The van der Waals surface area contributed by atoms with Crippen LogP contribution in [0.15, 0.2) is 40.9 Å². The van der Waals surface area contributed by atoms with E-state index in [0.717, 1.165) is 11.5 Å². The molecule has 2 aromatic heterocycles. The van der Waals surface area contributed by atoms with Gasteiger partial charge in [-0.25, -0.2) is 0 Å². The minimum atomic E-state index is -0.302. The molecule has 0 fully saturated rings. The maximum atomic E-state index is 11.1. The van der Waals surface area contributed by atoms with Gasteiger partial charge in [0.1, 0.15) is 17.9 Å². The smallest absolute Gasteiger partial charge is 0.313 e. The minimum absolute atomic E-state index is 0.165. The molecule has 4 heteroatoms. The summed E-state index contributed by atoms with van der Waals surface area (Å²) in [5.74, 6) is 1.11. The Kier molecular flexibility index (Phi) is 3.55. The van der Waals surface area contributed by atoms with Gasteiger partial charge in [-0.3, -0.25) is 9.78 Å². The number of hydrogen-bond donors (Lipinski definition) is 0. The molecule has 0 unspecified atom stereocenters. The third-order valence-electron chi connectivity index (χ3n) is 2.35. The van der Waals surface area contributed by atoms with Gasteiger partial charge in [0.2, 0.25) is 0 Å². The average molecular weight is 231 g/mol. The molecule has 0 saturated heterocycles. The Morgan fingerprint density at radius 1 is 1.29 bits per heavy atom. The lowest BCUT2D eigenvalue weighted by Crippen LogP contribution is -2.03. The molecule has 0 amide bonds. The highest BCUT2D eigenvalue weighted by Crippen LogP contribution is 2.12. The molecule has 0 spiro atoms. The number of esters is 1. The van der Waals surface area contributed by atoms with Crippen molar-refractivity contribution in [1.82, 2.24) is 4.98 Å². The van der Waals surface area contributed by atoms with Crippen molar-refractivity contribution in [3.63, 3.8) is 0 Å². The van der Waals surface area contributed by atoms with Gasteiger partial charge in [-0.05, 0) is 24.3 Å². The van der Waals surface area contributed by atoms with Gasteiger partial charge in [0.05, 0.1) is 7.11 Å². The zero-order chi connectivity index (χ0) is 12.1. The Bertz CT molecular complexity index is 490. The number of nitrogens with zero attached hydrogens (tertiary/aromatic N) is 1. The summed E-state index contributed by atoms with van der Waals surface area (Å²) in [6.07, 6.45) is 2.54. The monoisotopic (exact) mass is 231 g/mol. The lowest BCUT2D eigenvalue weighted by atomic mass is 10.2. The first-order valence-corrected chi connectivity index (χ1v) is 5.32. The molecule has 0 aliphatic carbocycles. The van der Waals surface area contributed by atoms with Gasteiger partial charge in [0.25, 0.3) is 0 Å². The molecule has 88 valence electrons. The number of hydrogen-bond acceptors (Lipinski definition) is 4. The average Bonchev–Trinajstić information content (AvgIpc) is 2.77. The molecule has 0 bridgehead atoms. The topological polar surface area (TPSA) is 52.3 Å². The molecule has 17 heavy (non-hydrogen) atoms. The highest BCUT2D eigenvalue weighted by atomic mass is 16.5. The summed E-state index contributed by atoms with van der Waals surface area (Å²) < 4.78 is 10.1. The third kappa shape index (κ3) is 3.17. The normalized spacial score (nSPS) is 10.2. The fraction of sp³-hybridized carbons (Fsp3) is 0.231. The summed E-state index contributed by atoms with van der Waals surface area (Å²) in [6.45, 7) is 0. The van der Waals surface area contributed by atoms with E-state index in [2.05, 4.69) is 9.72 Å². The predicted molar refractivity (Wildman–Crippen MR) is 61.5 cm³/mol. The lowest BCUT2D eigenvalue weighted by Gasteiger charge is -1.97. The second kappa shape index (κ2) is 5.30. The highest BCUT2D eigenvalue weighted by Gasteiger charge is 2.08. The van der Waals surface area contributed by atoms with Crippen molar-refractivity contribution in [2.75, 3.05) is 7.11 Å². The van der Waals surface area contributed by atoms with Crippen LogP contribution in [0.5, 0.6) is 0 Å². The fourth-order valence-corrected chi connectivity index (χ4v) is 1.51. The molecule has 0 N–H and O–H groups in total. The van der Waals surface area contributed by atoms with Crippen LogP contribution in [0.4, 0.5) is 0 Å². The molecule has 2 aromatic rings. The SMILES string of the molecule is COC(=O)Cc1ccc(Cc2ccccn2)o1.